The third-order valence-electron chi connectivity index (χ3n) is 5.15. The van der Waals surface area contributed by atoms with Gasteiger partial charge in [-0.2, -0.15) is 0 Å². The van der Waals surface area contributed by atoms with Gasteiger partial charge in [0, 0.05) is 43.1 Å². The Hall–Kier alpha value is -2.64. The lowest BCUT2D eigenvalue weighted by atomic mass is 10.2. The number of hydrogen-bond acceptors (Lipinski definition) is 5. The van der Waals surface area contributed by atoms with Crippen LogP contribution in [0, 0.1) is 5.82 Å². The first-order chi connectivity index (χ1) is 14.5. The summed E-state index contributed by atoms with van der Waals surface area (Å²) in [7, 11) is 1.43. The highest BCUT2D eigenvalue weighted by molar-refractivity contribution is 5.94. The number of nitrogens with one attached hydrogen (secondary N) is 1. The third-order valence-corrected chi connectivity index (χ3v) is 5.15. The molecule has 0 aliphatic carbocycles. The molecule has 162 valence electrons. The minimum Gasteiger partial charge on any atom is -0.494 e. The fraction of sp³-hybridized carbons (Fsp3) is 0.435. The second-order valence-electron chi connectivity index (χ2n) is 7.67. The van der Waals surface area contributed by atoms with Gasteiger partial charge in [-0.05, 0) is 43.7 Å². The molecule has 0 spiro atoms. The molecular weight excluding hydrogens is 385 g/mol. The van der Waals surface area contributed by atoms with Crippen molar-refractivity contribution in [1.82, 2.24) is 4.90 Å². The van der Waals surface area contributed by atoms with E-state index in [4.69, 9.17) is 9.47 Å². The minimum absolute atomic E-state index is 0.0273. The van der Waals surface area contributed by atoms with Gasteiger partial charge in [0.2, 0.25) is 5.91 Å². The van der Waals surface area contributed by atoms with E-state index in [1.54, 1.807) is 12.1 Å². The number of halogens is 1. The predicted molar refractivity (Wildman–Crippen MR) is 117 cm³/mol. The maximum Gasteiger partial charge on any atom is 0.243 e. The van der Waals surface area contributed by atoms with Crippen molar-refractivity contribution < 1.29 is 18.7 Å². The van der Waals surface area contributed by atoms with Crippen molar-refractivity contribution in [2.24, 2.45) is 0 Å². The second kappa shape index (κ2) is 10.4. The van der Waals surface area contributed by atoms with Crippen LogP contribution in [0.4, 0.5) is 15.8 Å². The number of amides is 1. The maximum absolute atomic E-state index is 14.1. The number of morpholine rings is 1. The second-order valence-corrected chi connectivity index (χ2v) is 7.67. The third kappa shape index (κ3) is 5.93. The maximum atomic E-state index is 14.1. The lowest BCUT2D eigenvalue weighted by Gasteiger charge is -2.28. The number of benzene rings is 2. The highest BCUT2D eigenvalue weighted by atomic mass is 19.1. The first kappa shape index (κ1) is 22.1. The number of methoxy groups -OCH3 is 1. The van der Waals surface area contributed by atoms with Gasteiger partial charge in [-0.3, -0.25) is 9.69 Å². The van der Waals surface area contributed by atoms with E-state index in [-0.39, 0.29) is 24.2 Å². The fourth-order valence-electron chi connectivity index (χ4n) is 3.47. The van der Waals surface area contributed by atoms with Crippen LogP contribution in [0.5, 0.6) is 5.75 Å². The van der Waals surface area contributed by atoms with Crippen LogP contribution >= 0.6 is 0 Å². The molecule has 0 aromatic heterocycles. The molecule has 1 heterocycles. The summed E-state index contributed by atoms with van der Waals surface area (Å²) in [4.78, 5) is 16.8. The molecule has 1 aliphatic heterocycles. The quantitative estimate of drug-likeness (QED) is 0.715. The van der Waals surface area contributed by atoms with E-state index in [1.807, 2.05) is 43.0 Å². The Morgan fingerprint density at radius 1 is 1.20 bits per heavy atom. The van der Waals surface area contributed by atoms with Crippen molar-refractivity contribution >= 4 is 17.3 Å². The summed E-state index contributed by atoms with van der Waals surface area (Å²) in [6.07, 6.45) is 0. The molecule has 0 unspecified atom stereocenters. The minimum atomic E-state index is -0.447. The Labute approximate surface area is 177 Å². The molecule has 0 saturated carbocycles. The Morgan fingerprint density at radius 2 is 1.90 bits per heavy atom. The van der Waals surface area contributed by atoms with E-state index >= 15 is 0 Å². The zero-order valence-electron chi connectivity index (χ0n) is 17.9. The summed E-state index contributed by atoms with van der Waals surface area (Å²) in [5.41, 5.74) is 2.59. The first-order valence-electron chi connectivity index (χ1n) is 10.3. The van der Waals surface area contributed by atoms with Crippen molar-refractivity contribution in [1.29, 1.82) is 0 Å². The van der Waals surface area contributed by atoms with Crippen LogP contribution in [0.2, 0.25) is 0 Å². The number of carbonyl (C=O) groups is 1. The van der Waals surface area contributed by atoms with Gasteiger partial charge in [0.15, 0.2) is 11.6 Å². The van der Waals surface area contributed by atoms with E-state index in [9.17, 15) is 9.18 Å². The molecule has 0 atom stereocenters. The number of rotatable bonds is 8. The molecule has 3 rings (SSSR count). The van der Waals surface area contributed by atoms with Gasteiger partial charge in [-0.25, -0.2) is 4.39 Å². The van der Waals surface area contributed by atoms with Gasteiger partial charge < -0.3 is 19.7 Å². The van der Waals surface area contributed by atoms with E-state index in [0.29, 0.717) is 5.69 Å². The molecule has 1 amide bonds. The molecule has 2 aromatic rings. The number of nitrogens with zero attached hydrogens (tertiary/aromatic N) is 2. The molecule has 0 bridgehead atoms. The summed E-state index contributed by atoms with van der Waals surface area (Å²) >= 11 is 0. The van der Waals surface area contributed by atoms with Gasteiger partial charge in [0.25, 0.3) is 0 Å². The SMILES string of the molecule is COc1ccc(N(CC(=O)Nc2ccc(CN3CCOCC3)cc2)C(C)C)cc1F. The topological polar surface area (TPSA) is 54.0 Å². The Kier molecular flexibility index (Phi) is 7.65. The van der Waals surface area contributed by atoms with Gasteiger partial charge in [-0.15, -0.1) is 0 Å². The molecular formula is C23H30FN3O3. The fourth-order valence-corrected chi connectivity index (χ4v) is 3.47. The van der Waals surface area contributed by atoms with Gasteiger partial charge in [0.05, 0.1) is 26.9 Å². The van der Waals surface area contributed by atoms with E-state index in [2.05, 4.69) is 10.2 Å². The average Bonchev–Trinajstić information content (AvgIpc) is 2.74. The van der Waals surface area contributed by atoms with Crippen LogP contribution in [-0.2, 0) is 16.1 Å². The summed E-state index contributed by atoms with van der Waals surface area (Å²) in [5, 5.41) is 2.93. The summed E-state index contributed by atoms with van der Waals surface area (Å²) in [5.74, 6) is -0.415. The first-order valence-corrected chi connectivity index (χ1v) is 10.3. The van der Waals surface area contributed by atoms with Crippen molar-refractivity contribution in [3.8, 4) is 5.75 Å². The number of ether oxygens (including phenoxy) is 2. The zero-order valence-corrected chi connectivity index (χ0v) is 17.9. The van der Waals surface area contributed by atoms with Crippen LogP contribution in [0.1, 0.15) is 19.4 Å². The van der Waals surface area contributed by atoms with Crippen molar-refractivity contribution in [2.75, 3.05) is 50.2 Å². The largest absolute Gasteiger partial charge is 0.494 e. The molecule has 30 heavy (non-hydrogen) atoms. The molecule has 6 nitrogen and oxygen atoms in total. The van der Waals surface area contributed by atoms with Crippen LogP contribution in [0.15, 0.2) is 42.5 Å². The standard InChI is InChI=1S/C23H30FN3O3/c1-17(2)27(20-8-9-22(29-3)21(24)14-20)16-23(28)25-19-6-4-18(5-7-19)15-26-10-12-30-13-11-26/h4-9,14,17H,10-13,15-16H2,1-3H3,(H,25,28). The van der Waals surface area contributed by atoms with E-state index in [1.165, 1.54) is 18.7 Å². The van der Waals surface area contributed by atoms with Crippen LogP contribution < -0.4 is 15.0 Å². The van der Waals surface area contributed by atoms with Crippen molar-refractivity contribution in [2.45, 2.75) is 26.4 Å². The van der Waals surface area contributed by atoms with E-state index < -0.39 is 5.82 Å². The van der Waals surface area contributed by atoms with Crippen molar-refractivity contribution in [3.63, 3.8) is 0 Å². The summed E-state index contributed by atoms with van der Waals surface area (Å²) in [6, 6.07) is 12.7. The smallest absolute Gasteiger partial charge is 0.243 e. The molecule has 7 heteroatoms. The van der Waals surface area contributed by atoms with Crippen LogP contribution in [0.25, 0.3) is 0 Å². The molecule has 2 aromatic carbocycles. The number of anilines is 2. The molecule has 1 fully saturated rings. The molecule has 0 radical (unpaired) electrons. The average molecular weight is 416 g/mol. The lowest BCUT2D eigenvalue weighted by Crippen LogP contribution is -2.38. The zero-order chi connectivity index (χ0) is 21.5. The summed E-state index contributed by atoms with van der Waals surface area (Å²) in [6.45, 7) is 8.37. The Morgan fingerprint density at radius 3 is 2.50 bits per heavy atom. The monoisotopic (exact) mass is 415 g/mol. The molecule has 1 aliphatic rings. The number of hydrogen-bond donors (Lipinski definition) is 1. The molecule has 1 saturated heterocycles. The normalized spacial score (nSPS) is 14.6. The van der Waals surface area contributed by atoms with Gasteiger partial charge in [-0.1, -0.05) is 12.1 Å². The Bertz CT molecular complexity index is 836. The number of carbonyl (C=O) groups excluding carboxylic acids is 1. The highest BCUT2D eigenvalue weighted by Gasteiger charge is 2.17. The summed E-state index contributed by atoms with van der Waals surface area (Å²) < 4.78 is 24.5. The highest BCUT2D eigenvalue weighted by Crippen LogP contribution is 2.25. The molecule has 1 N–H and O–H groups in total. The van der Waals surface area contributed by atoms with Gasteiger partial charge >= 0.3 is 0 Å². The predicted octanol–water partition coefficient (Wildman–Crippen LogP) is 3.52. The van der Waals surface area contributed by atoms with Gasteiger partial charge in [0.1, 0.15) is 0 Å². The van der Waals surface area contributed by atoms with Crippen LogP contribution in [-0.4, -0.2) is 56.8 Å². The van der Waals surface area contributed by atoms with Crippen LogP contribution in [0.3, 0.4) is 0 Å². The Balaban J connectivity index is 1.59. The lowest BCUT2D eigenvalue weighted by molar-refractivity contribution is -0.115. The van der Waals surface area contributed by atoms with Crippen molar-refractivity contribution in [3.05, 3.63) is 53.8 Å². The van der Waals surface area contributed by atoms with E-state index in [0.717, 1.165) is 38.5 Å².